The molecule has 5 aromatic rings. The molecule has 1 aliphatic rings. The fourth-order valence-electron chi connectivity index (χ4n) is 7.23. The van der Waals surface area contributed by atoms with Crippen molar-refractivity contribution in [3.63, 3.8) is 0 Å². The molecule has 0 amide bonds. The van der Waals surface area contributed by atoms with Crippen LogP contribution >= 0.6 is 0 Å². The van der Waals surface area contributed by atoms with Crippen LogP contribution in [-0.4, -0.2) is 20.9 Å². The van der Waals surface area contributed by atoms with Gasteiger partial charge in [0.2, 0.25) is 0 Å². The summed E-state index contributed by atoms with van der Waals surface area (Å²) in [7, 11) is 0. The van der Waals surface area contributed by atoms with Crippen molar-refractivity contribution in [2.75, 3.05) is 0 Å². The number of aliphatic hydroxyl groups is 1. The molecule has 0 unspecified atom stereocenters. The van der Waals surface area contributed by atoms with Crippen molar-refractivity contribution in [1.82, 2.24) is 9.97 Å². The Morgan fingerprint density at radius 1 is 0.854 bits per heavy atom. The molecule has 0 saturated heterocycles. The van der Waals surface area contributed by atoms with E-state index >= 15 is 0 Å². The van der Waals surface area contributed by atoms with Crippen LogP contribution in [0.1, 0.15) is 104 Å². The number of ketones is 1. The third-order valence-corrected chi connectivity index (χ3v) is 10.0. The smallest absolute Gasteiger partial charge is 0.162 e. The van der Waals surface area contributed by atoms with Gasteiger partial charge in [-0.25, -0.2) is 4.98 Å². The zero-order valence-electron chi connectivity index (χ0n) is 29.6. The number of nitrogens with zero attached hydrogens (tertiary/aromatic N) is 2. The summed E-state index contributed by atoms with van der Waals surface area (Å²) in [5, 5.41) is 14.7. The monoisotopic (exact) mass is 818 g/mol. The predicted molar refractivity (Wildman–Crippen MR) is 197 cm³/mol. The van der Waals surface area contributed by atoms with Gasteiger partial charge in [0.05, 0.1) is 11.5 Å². The standard InChI is InChI=1S/C30H25N2.C13H24O2.Ir/c1-18(2)25-16-21(15-20-10-6-7-11-22(20)25)28-26-24-14-13-19-9-5-8-12-23(19)27(24)30(3,4)29(26)32-17-31-28;1-5-10(6-2)12(14)9-13(15)11(7-3)8-4;/h5-14,16-18H,1-4H3;9-11,14H,5-8H2,1-4H3;/q-1;;/b;12-9-;. The van der Waals surface area contributed by atoms with E-state index in [0.717, 1.165) is 53.6 Å². The molecular weight excluding hydrogens is 769 g/mol. The number of fused-ring (bicyclic) bond motifs is 6. The van der Waals surface area contributed by atoms with E-state index in [9.17, 15) is 9.90 Å². The van der Waals surface area contributed by atoms with E-state index < -0.39 is 0 Å². The van der Waals surface area contributed by atoms with Gasteiger partial charge in [0, 0.05) is 49.1 Å². The van der Waals surface area contributed by atoms with Gasteiger partial charge in [-0.05, 0) is 59.1 Å². The van der Waals surface area contributed by atoms with Crippen LogP contribution in [0.2, 0.25) is 0 Å². The average Bonchev–Trinajstić information content (AvgIpc) is 3.32. The molecule has 1 heterocycles. The summed E-state index contributed by atoms with van der Waals surface area (Å²) in [6.07, 6.45) is 6.63. The third kappa shape index (κ3) is 7.05. The molecule has 1 aliphatic carbocycles. The summed E-state index contributed by atoms with van der Waals surface area (Å²) < 4.78 is 0. The normalized spacial score (nSPS) is 13.4. The number of allylic oxidation sites excluding steroid dienone is 2. The molecule has 0 bridgehead atoms. The Hall–Kier alpha value is -3.66. The summed E-state index contributed by atoms with van der Waals surface area (Å²) in [5.74, 6) is 0.960. The number of aromatic nitrogens is 2. The summed E-state index contributed by atoms with van der Waals surface area (Å²) in [5.41, 5.74) is 8.00. The molecule has 5 heteroatoms. The molecule has 48 heavy (non-hydrogen) atoms. The van der Waals surface area contributed by atoms with Crippen molar-refractivity contribution in [2.24, 2.45) is 11.8 Å². The fourth-order valence-corrected chi connectivity index (χ4v) is 7.23. The first-order chi connectivity index (χ1) is 22.6. The van der Waals surface area contributed by atoms with Crippen LogP contribution in [0.25, 0.3) is 43.9 Å². The summed E-state index contributed by atoms with van der Waals surface area (Å²) >= 11 is 0. The Labute approximate surface area is 300 Å². The predicted octanol–water partition coefficient (Wildman–Crippen LogP) is 11.5. The van der Waals surface area contributed by atoms with Crippen LogP contribution in [0.3, 0.4) is 0 Å². The number of rotatable bonds is 9. The van der Waals surface area contributed by atoms with E-state index in [1.54, 1.807) is 6.33 Å². The quantitative estimate of drug-likeness (QED) is 0.0914. The molecule has 0 fully saturated rings. The molecule has 0 atom stereocenters. The molecule has 1 N–H and O–H groups in total. The molecule has 253 valence electrons. The molecule has 1 aromatic heterocycles. The zero-order valence-corrected chi connectivity index (χ0v) is 32.0. The topological polar surface area (TPSA) is 63.1 Å². The molecule has 4 aromatic carbocycles. The van der Waals surface area contributed by atoms with Crippen molar-refractivity contribution < 1.29 is 30.0 Å². The molecule has 0 saturated carbocycles. The van der Waals surface area contributed by atoms with Gasteiger partial charge in [0.25, 0.3) is 0 Å². The Morgan fingerprint density at radius 3 is 2.12 bits per heavy atom. The van der Waals surface area contributed by atoms with Gasteiger partial charge in [-0.2, -0.15) is 0 Å². The van der Waals surface area contributed by atoms with Crippen molar-refractivity contribution in [3.8, 4) is 22.4 Å². The number of hydrogen-bond acceptors (Lipinski definition) is 4. The Kier molecular flexibility index (Phi) is 12.2. The third-order valence-electron chi connectivity index (χ3n) is 10.0. The number of hydrogen-bond donors (Lipinski definition) is 1. The first-order valence-corrected chi connectivity index (χ1v) is 17.3. The van der Waals surface area contributed by atoms with Gasteiger partial charge in [-0.15, -0.1) is 29.1 Å². The van der Waals surface area contributed by atoms with E-state index in [0.29, 0.717) is 5.92 Å². The van der Waals surface area contributed by atoms with Crippen LogP contribution in [0.15, 0.2) is 84.9 Å². The first kappa shape index (κ1) is 37.2. The van der Waals surface area contributed by atoms with Crippen LogP contribution in [-0.2, 0) is 30.3 Å². The van der Waals surface area contributed by atoms with Gasteiger partial charge in [-0.1, -0.05) is 121 Å². The zero-order chi connectivity index (χ0) is 33.9. The first-order valence-electron chi connectivity index (χ1n) is 17.3. The summed E-state index contributed by atoms with van der Waals surface area (Å²) in [4.78, 5) is 21.4. The minimum absolute atomic E-state index is 0. The number of carbonyl (C=O) groups is 1. The largest absolute Gasteiger partial charge is 0.512 e. The summed E-state index contributed by atoms with van der Waals surface area (Å²) in [6.45, 7) is 17.1. The van der Waals surface area contributed by atoms with Gasteiger partial charge in [0.1, 0.15) is 6.33 Å². The van der Waals surface area contributed by atoms with Crippen molar-refractivity contribution >= 4 is 27.3 Å². The Balaban J connectivity index is 0.000000279. The molecule has 0 aliphatic heterocycles. The number of carbonyl (C=O) groups excluding carboxylic acids is 1. The van der Waals surface area contributed by atoms with Gasteiger partial charge in [-0.3, -0.25) is 9.78 Å². The summed E-state index contributed by atoms with van der Waals surface area (Å²) in [6, 6.07) is 27.6. The molecule has 6 rings (SSSR count). The van der Waals surface area contributed by atoms with Crippen molar-refractivity contribution in [3.05, 3.63) is 108 Å². The molecule has 1 radical (unpaired) electrons. The second kappa shape index (κ2) is 15.7. The maximum absolute atomic E-state index is 11.7. The minimum Gasteiger partial charge on any atom is -0.512 e. The number of benzene rings is 4. The van der Waals surface area contributed by atoms with Crippen LogP contribution in [0, 0.1) is 17.9 Å². The van der Waals surface area contributed by atoms with Crippen molar-refractivity contribution in [2.45, 2.75) is 92.4 Å². The van der Waals surface area contributed by atoms with E-state index in [2.05, 4.69) is 100 Å². The van der Waals surface area contributed by atoms with E-state index in [4.69, 9.17) is 9.97 Å². The number of aliphatic hydroxyl groups excluding tert-OH is 1. The maximum Gasteiger partial charge on any atom is 0.162 e. The van der Waals surface area contributed by atoms with Crippen molar-refractivity contribution in [1.29, 1.82) is 0 Å². The Morgan fingerprint density at radius 2 is 1.48 bits per heavy atom. The minimum atomic E-state index is -0.194. The van der Waals surface area contributed by atoms with E-state index in [1.807, 2.05) is 27.7 Å². The second-order valence-corrected chi connectivity index (χ2v) is 13.6. The van der Waals surface area contributed by atoms with Crippen LogP contribution < -0.4 is 0 Å². The van der Waals surface area contributed by atoms with Gasteiger partial charge < -0.3 is 5.11 Å². The van der Waals surface area contributed by atoms with Gasteiger partial charge in [0.15, 0.2) is 5.78 Å². The molecular formula is C43H49IrN2O2-. The Bertz CT molecular complexity index is 1930. The van der Waals surface area contributed by atoms with E-state index in [1.165, 1.54) is 38.9 Å². The second-order valence-electron chi connectivity index (χ2n) is 13.6. The SMILES string of the molecule is CC(C)c1cc(-c2ncnc3c2-c2ccc4ccccc4c2C3(C)C)[c-]c2ccccc12.CCC(CC)C(=O)/C=C(\O)C(CC)CC.[Ir]. The fraction of sp³-hybridized carbons (Fsp3) is 0.372. The molecule has 0 spiro atoms. The van der Waals surface area contributed by atoms with Gasteiger partial charge >= 0.3 is 0 Å². The van der Waals surface area contributed by atoms with E-state index in [-0.39, 0.29) is 48.9 Å². The van der Waals surface area contributed by atoms with Crippen LogP contribution in [0.4, 0.5) is 0 Å². The maximum atomic E-state index is 11.7. The molecule has 4 nitrogen and oxygen atoms in total. The average molecular weight is 818 g/mol. The van der Waals surface area contributed by atoms with Crippen LogP contribution in [0.5, 0.6) is 0 Å².